The number of aryl methyl sites for hydroxylation is 1. The van der Waals surface area contributed by atoms with Crippen molar-refractivity contribution < 1.29 is 19.1 Å². The van der Waals surface area contributed by atoms with Gasteiger partial charge >= 0.3 is 5.97 Å². The van der Waals surface area contributed by atoms with Crippen LogP contribution in [0.2, 0.25) is 5.02 Å². The van der Waals surface area contributed by atoms with Crippen LogP contribution in [-0.4, -0.2) is 24.9 Å². The first-order valence-corrected chi connectivity index (χ1v) is 10.4. The fourth-order valence-electron chi connectivity index (χ4n) is 2.85. The summed E-state index contributed by atoms with van der Waals surface area (Å²) in [7, 11) is 1.23. The average molecular weight is 458 g/mol. The number of ether oxygens (including phenoxy) is 1. The highest BCUT2D eigenvalue weighted by Crippen LogP contribution is 2.35. The highest BCUT2D eigenvalue weighted by Gasteiger charge is 2.26. The minimum Gasteiger partial charge on any atom is -0.465 e. The summed E-state index contributed by atoms with van der Waals surface area (Å²) >= 11 is 6.89. The van der Waals surface area contributed by atoms with E-state index < -0.39 is 17.8 Å². The number of nitrogens with one attached hydrogen (secondary N) is 2. The van der Waals surface area contributed by atoms with Gasteiger partial charge in [0.25, 0.3) is 11.8 Å². The number of amides is 2. The monoisotopic (exact) mass is 457 g/mol. The number of hydrogen-bond donors (Lipinski definition) is 3. The number of halogens is 1. The summed E-state index contributed by atoms with van der Waals surface area (Å²) in [5.41, 5.74) is 8.49. The lowest BCUT2D eigenvalue weighted by molar-refractivity contribution is 0.0601. The summed E-state index contributed by atoms with van der Waals surface area (Å²) in [5, 5.41) is 6.01. The zero-order valence-electron chi connectivity index (χ0n) is 17.0. The Labute approximate surface area is 188 Å². The molecule has 3 aromatic rings. The lowest BCUT2D eigenvalue weighted by Gasteiger charge is -2.07. The summed E-state index contributed by atoms with van der Waals surface area (Å²) < 4.78 is 4.85. The molecule has 1 aromatic heterocycles. The first-order valence-electron chi connectivity index (χ1n) is 9.17. The molecule has 0 atom stereocenters. The van der Waals surface area contributed by atoms with Crippen LogP contribution < -0.4 is 16.4 Å². The van der Waals surface area contributed by atoms with Gasteiger partial charge in [0.1, 0.15) is 5.00 Å². The number of nitrogens with two attached hydrogens (primary N) is 1. The number of rotatable bonds is 5. The van der Waals surface area contributed by atoms with E-state index in [1.54, 1.807) is 19.1 Å². The summed E-state index contributed by atoms with van der Waals surface area (Å²) in [4.78, 5) is 38.2. The summed E-state index contributed by atoms with van der Waals surface area (Å²) in [6.07, 6.45) is 0. The van der Waals surface area contributed by atoms with E-state index in [-0.39, 0.29) is 26.7 Å². The third kappa shape index (κ3) is 4.87. The van der Waals surface area contributed by atoms with E-state index in [2.05, 4.69) is 10.6 Å². The van der Waals surface area contributed by atoms with Gasteiger partial charge in [0.2, 0.25) is 0 Å². The molecule has 0 fully saturated rings. The van der Waals surface area contributed by atoms with Gasteiger partial charge in [-0.3, -0.25) is 9.59 Å². The molecule has 0 radical (unpaired) electrons. The van der Waals surface area contributed by atoms with E-state index in [0.717, 1.165) is 16.9 Å². The van der Waals surface area contributed by atoms with Crippen molar-refractivity contribution in [2.24, 2.45) is 0 Å². The van der Waals surface area contributed by atoms with E-state index in [4.69, 9.17) is 22.1 Å². The fraction of sp³-hybridized carbons (Fsp3) is 0.136. The number of anilines is 3. The van der Waals surface area contributed by atoms with Crippen molar-refractivity contribution in [2.45, 2.75) is 13.8 Å². The Kier molecular flexibility index (Phi) is 6.62. The van der Waals surface area contributed by atoms with Crippen molar-refractivity contribution in [1.82, 2.24) is 0 Å². The van der Waals surface area contributed by atoms with Crippen LogP contribution in [0.15, 0.2) is 42.5 Å². The molecular weight excluding hydrogens is 438 g/mol. The second-order valence-corrected chi connectivity index (χ2v) is 8.19. The van der Waals surface area contributed by atoms with Crippen molar-refractivity contribution >= 4 is 57.1 Å². The number of carbonyl (C=O) groups excluding carboxylic acids is 3. The van der Waals surface area contributed by atoms with E-state index in [9.17, 15) is 14.4 Å². The molecule has 2 aromatic carbocycles. The van der Waals surface area contributed by atoms with E-state index in [0.29, 0.717) is 16.3 Å². The molecule has 0 bridgehead atoms. The molecule has 2 amide bonds. The molecule has 0 aliphatic carbocycles. The summed E-state index contributed by atoms with van der Waals surface area (Å²) in [6, 6.07) is 11.8. The van der Waals surface area contributed by atoms with Crippen LogP contribution in [-0.2, 0) is 4.74 Å². The van der Waals surface area contributed by atoms with Crippen LogP contribution in [0.5, 0.6) is 0 Å². The maximum atomic E-state index is 12.8. The lowest BCUT2D eigenvalue weighted by atomic mass is 10.1. The van der Waals surface area contributed by atoms with Gasteiger partial charge in [-0.1, -0.05) is 29.3 Å². The highest BCUT2D eigenvalue weighted by molar-refractivity contribution is 7.19. The van der Waals surface area contributed by atoms with Crippen LogP contribution >= 0.6 is 22.9 Å². The van der Waals surface area contributed by atoms with Crippen LogP contribution in [0.4, 0.5) is 16.4 Å². The average Bonchev–Trinajstić information content (AvgIpc) is 3.07. The molecule has 1 heterocycles. The molecule has 7 nitrogen and oxygen atoms in total. The predicted octanol–water partition coefficient (Wildman–Crippen LogP) is 4.89. The Bertz CT molecular complexity index is 1170. The summed E-state index contributed by atoms with van der Waals surface area (Å²) in [5.74, 6) is -1.55. The van der Waals surface area contributed by atoms with Crippen LogP contribution in [0, 0.1) is 13.8 Å². The Balaban J connectivity index is 1.93. The zero-order valence-corrected chi connectivity index (χ0v) is 18.6. The molecular formula is C22H20ClN3O4S. The number of nitrogen functional groups attached to an aromatic ring is 1. The second-order valence-electron chi connectivity index (χ2n) is 6.76. The number of esters is 1. The molecule has 0 aliphatic heterocycles. The standard InChI is InChI=1S/C22H20ClN3O4S/c1-11-4-7-14(8-5-11)25-20(28)18-12(2)17(22(29)30-3)21(31-18)26-19(27)13-6-9-15(23)16(24)10-13/h4-10H,24H2,1-3H3,(H,25,28)(H,26,27). The molecule has 9 heteroatoms. The highest BCUT2D eigenvalue weighted by atomic mass is 35.5. The SMILES string of the molecule is COC(=O)c1c(NC(=O)c2ccc(Cl)c(N)c2)sc(C(=O)Nc2ccc(C)cc2)c1C. The van der Waals surface area contributed by atoms with Gasteiger partial charge in [-0.05, 0) is 49.7 Å². The number of hydrogen-bond acceptors (Lipinski definition) is 6. The van der Waals surface area contributed by atoms with Crippen molar-refractivity contribution in [3.05, 3.63) is 74.6 Å². The Morgan fingerprint density at radius 3 is 2.29 bits per heavy atom. The molecule has 0 saturated heterocycles. The zero-order chi connectivity index (χ0) is 22.7. The van der Waals surface area contributed by atoms with Gasteiger partial charge in [-0.2, -0.15) is 0 Å². The van der Waals surface area contributed by atoms with Crippen LogP contribution in [0.3, 0.4) is 0 Å². The fourth-order valence-corrected chi connectivity index (χ4v) is 4.05. The Hall–Kier alpha value is -3.36. The number of carbonyl (C=O) groups is 3. The minimum atomic E-state index is -0.658. The quantitative estimate of drug-likeness (QED) is 0.373. The maximum absolute atomic E-state index is 12.8. The first kappa shape index (κ1) is 22.3. The third-order valence-electron chi connectivity index (χ3n) is 4.54. The predicted molar refractivity (Wildman–Crippen MR) is 123 cm³/mol. The maximum Gasteiger partial charge on any atom is 0.341 e. The largest absolute Gasteiger partial charge is 0.465 e. The van der Waals surface area contributed by atoms with Crippen molar-refractivity contribution in [1.29, 1.82) is 0 Å². The van der Waals surface area contributed by atoms with Gasteiger partial charge < -0.3 is 21.1 Å². The van der Waals surface area contributed by atoms with Crippen molar-refractivity contribution in [3.63, 3.8) is 0 Å². The molecule has 0 saturated carbocycles. The van der Waals surface area contributed by atoms with Crippen LogP contribution in [0.25, 0.3) is 0 Å². The summed E-state index contributed by atoms with van der Waals surface area (Å²) in [6.45, 7) is 3.57. The van der Waals surface area contributed by atoms with Gasteiger partial charge in [-0.15, -0.1) is 11.3 Å². The van der Waals surface area contributed by atoms with Crippen molar-refractivity contribution in [2.75, 3.05) is 23.5 Å². The molecule has 160 valence electrons. The van der Waals surface area contributed by atoms with E-state index in [1.807, 2.05) is 19.1 Å². The second kappa shape index (κ2) is 9.20. The minimum absolute atomic E-state index is 0.122. The van der Waals surface area contributed by atoms with E-state index in [1.165, 1.54) is 25.3 Å². The molecule has 31 heavy (non-hydrogen) atoms. The van der Waals surface area contributed by atoms with Gasteiger partial charge in [-0.25, -0.2) is 4.79 Å². The molecule has 0 spiro atoms. The molecule has 0 unspecified atom stereocenters. The number of benzene rings is 2. The molecule has 0 aliphatic rings. The lowest BCUT2D eigenvalue weighted by Crippen LogP contribution is -2.14. The normalized spacial score (nSPS) is 10.5. The third-order valence-corrected chi connectivity index (χ3v) is 6.09. The van der Waals surface area contributed by atoms with Gasteiger partial charge in [0.05, 0.1) is 28.3 Å². The molecule has 3 rings (SSSR count). The van der Waals surface area contributed by atoms with Gasteiger partial charge in [0, 0.05) is 11.3 Å². The smallest absolute Gasteiger partial charge is 0.341 e. The van der Waals surface area contributed by atoms with E-state index >= 15 is 0 Å². The number of methoxy groups -OCH3 is 1. The Morgan fingerprint density at radius 1 is 1.00 bits per heavy atom. The van der Waals surface area contributed by atoms with Crippen LogP contribution in [0.1, 0.15) is 41.5 Å². The van der Waals surface area contributed by atoms with Gasteiger partial charge in [0.15, 0.2) is 0 Å². The topological polar surface area (TPSA) is 111 Å². The first-order chi connectivity index (χ1) is 14.7. The van der Waals surface area contributed by atoms with Crippen molar-refractivity contribution in [3.8, 4) is 0 Å². The Morgan fingerprint density at radius 2 is 1.68 bits per heavy atom. The number of thiophene rings is 1. The molecule has 4 N–H and O–H groups in total.